The van der Waals surface area contributed by atoms with Crippen LogP contribution in [0.1, 0.15) is 17.3 Å². The second kappa shape index (κ2) is 5.32. The smallest absolute Gasteiger partial charge is 0.255 e. The molecule has 0 aliphatic carbocycles. The predicted octanol–water partition coefficient (Wildman–Crippen LogP) is -0.114. The molecule has 1 aliphatic rings. The number of amides is 1. The Labute approximate surface area is 105 Å². The van der Waals surface area contributed by atoms with E-state index in [9.17, 15) is 9.90 Å². The average Bonchev–Trinajstić information content (AvgIpc) is 2.78. The fourth-order valence-corrected chi connectivity index (χ4v) is 2.06. The largest absolute Gasteiger partial charge is 0.388 e. The van der Waals surface area contributed by atoms with Crippen molar-refractivity contribution in [1.29, 1.82) is 0 Å². The van der Waals surface area contributed by atoms with E-state index in [2.05, 4.69) is 4.98 Å². The zero-order valence-corrected chi connectivity index (χ0v) is 10.2. The number of carbonyl (C=O) groups is 1. The lowest BCUT2D eigenvalue weighted by molar-refractivity contribution is 0.0520. The quantitative estimate of drug-likeness (QED) is 0.782. The van der Waals surface area contributed by atoms with Gasteiger partial charge in [0.1, 0.15) is 5.82 Å². The van der Waals surface area contributed by atoms with Crippen molar-refractivity contribution in [3.8, 4) is 0 Å². The summed E-state index contributed by atoms with van der Waals surface area (Å²) in [7, 11) is 0. The van der Waals surface area contributed by atoms with Crippen LogP contribution in [-0.2, 0) is 4.74 Å². The number of carbonyl (C=O) groups excluding carboxylic acids is 1. The molecular formula is C12H17N3O3. The number of aromatic nitrogens is 1. The molecule has 0 bridgehead atoms. The first-order chi connectivity index (χ1) is 8.63. The molecule has 0 saturated carbocycles. The molecule has 1 aromatic rings. The Morgan fingerprint density at radius 2 is 2.39 bits per heavy atom. The molecule has 0 spiro atoms. The summed E-state index contributed by atoms with van der Waals surface area (Å²) >= 11 is 0. The minimum Gasteiger partial charge on any atom is -0.388 e. The Morgan fingerprint density at radius 1 is 1.61 bits per heavy atom. The monoisotopic (exact) mass is 251 g/mol. The van der Waals surface area contributed by atoms with E-state index in [4.69, 9.17) is 10.5 Å². The van der Waals surface area contributed by atoms with E-state index < -0.39 is 6.10 Å². The molecule has 0 radical (unpaired) electrons. The summed E-state index contributed by atoms with van der Waals surface area (Å²) in [5, 5.41) is 9.78. The van der Waals surface area contributed by atoms with Gasteiger partial charge in [-0.2, -0.15) is 0 Å². The van der Waals surface area contributed by atoms with Crippen LogP contribution >= 0.6 is 0 Å². The lowest BCUT2D eigenvalue weighted by Crippen LogP contribution is -2.46. The van der Waals surface area contributed by atoms with Gasteiger partial charge in [0.2, 0.25) is 0 Å². The number of likely N-dealkylation sites (N-methyl/N-ethyl adjacent to an activating group) is 1. The predicted molar refractivity (Wildman–Crippen MR) is 66.0 cm³/mol. The van der Waals surface area contributed by atoms with E-state index in [0.717, 1.165) is 0 Å². The van der Waals surface area contributed by atoms with Gasteiger partial charge in [-0.1, -0.05) is 0 Å². The van der Waals surface area contributed by atoms with Crippen molar-refractivity contribution < 1.29 is 14.6 Å². The lowest BCUT2D eigenvalue weighted by Gasteiger charge is -2.28. The number of anilines is 1. The van der Waals surface area contributed by atoms with Crippen LogP contribution in [0.25, 0.3) is 0 Å². The van der Waals surface area contributed by atoms with Crippen molar-refractivity contribution in [2.24, 2.45) is 0 Å². The molecule has 2 atom stereocenters. The molecule has 1 fully saturated rings. The SMILES string of the molecule is CCN(C(=O)c1ccc(N)nc1)[C@@H]1COC[C@H]1O. The minimum atomic E-state index is -0.629. The van der Waals surface area contributed by atoms with Gasteiger partial charge in [-0.15, -0.1) is 0 Å². The van der Waals surface area contributed by atoms with Gasteiger partial charge in [-0.3, -0.25) is 4.79 Å². The number of pyridine rings is 1. The second-order valence-electron chi connectivity index (χ2n) is 4.24. The number of nitrogen functional groups attached to an aromatic ring is 1. The van der Waals surface area contributed by atoms with Gasteiger partial charge in [-0.05, 0) is 19.1 Å². The van der Waals surface area contributed by atoms with Gasteiger partial charge in [0.05, 0.1) is 30.9 Å². The molecule has 6 nitrogen and oxygen atoms in total. The van der Waals surface area contributed by atoms with Crippen LogP contribution in [0.5, 0.6) is 0 Å². The highest BCUT2D eigenvalue weighted by atomic mass is 16.5. The van der Waals surface area contributed by atoms with Gasteiger partial charge in [0, 0.05) is 12.7 Å². The fourth-order valence-electron chi connectivity index (χ4n) is 2.06. The highest BCUT2D eigenvalue weighted by Gasteiger charge is 2.34. The summed E-state index contributed by atoms with van der Waals surface area (Å²) in [4.78, 5) is 17.8. The molecule has 1 saturated heterocycles. The number of nitrogens with two attached hydrogens (primary N) is 1. The molecule has 98 valence electrons. The maximum atomic E-state index is 12.3. The Kier molecular flexibility index (Phi) is 3.78. The van der Waals surface area contributed by atoms with Crippen LogP contribution in [0.15, 0.2) is 18.3 Å². The van der Waals surface area contributed by atoms with Crippen LogP contribution in [0, 0.1) is 0 Å². The van der Waals surface area contributed by atoms with E-state index in [1.165, 1.54) is 6.20 Å². The summed E-state index contributed by atoms with van der Waals surface area (Å²) < 4.78 is 5.18. The minimum absolute atomic E-state index is 0.167. The second-order valence-corrected chi connectivity index (χ2v) is 4.24. The lowest BCUT2D eigenvalue weighted by atomic mass is 10.1. The van der Waals surface area contributed by atoms with Gasteiger partial charge in [-0.25, -0.2) is 4.98 Å². The normalized spacial score (nSPS) is 23.0. The molecule has 2 rings (SSSR count). The number of aliphatic hydroxyl groups excluding tert-OH is 1. The van der Waals surface area contributed by atoms with Crippen LogP contribution < -0.4 is 5.73 Å². The molecule has 1 aromatic heterocycles. The summed E-state index contributed by atoms with van der Waals surface area (Å²) in [6.45, 7) is 3.01. The van der Waals surface area contributed by atoms with Crippen molar-refractivity contribution in [3.05, 3.63) is 23.9 Å². The molecule has 0 aromatic carbocycles. The van der Waals surface area contributed by atoms with Crippen molar-refractivity contribution in [1.82, 2.24) is 9.88 Å². The molecule has 1 amide bonds. The topological polar surface area (TPSA) is 88.7 Å². The Bertz CT molecular complexity index is 421. The van der Waals surface area contributed by atoms with E-state index in [-0.39, 0.29) is 18.6 Å². The molecule has 1 aliphatic heterocycles. The Hall–Kier alpha value is -1.66. The molecule has 18 heavy (non-hydrogen) atoms. The van der Waals surface area contributed by atoms with Crippen LogP contribution in [0.4, 0.5) is 5.82 Å². The van der Waals surface area contributed by atoms with Gasteiger partial charge in [0.15, 0.2) is 0 Å². The zero-order chi connectivity index (χ0) is 13.1. The summed E-state index contributed by atoms with van der Waals surface area (Å²) in [6.07, 6.45) is 0.818. The maximum absolute atomic E-state index is 12.3. The number of hydrogen-bond acceptors (Lipinski definition) is 5. The van der Waals surface area contributed by atoms with Crippen molar-refractivity contribution in [3.63, 3.8) is 0 Å². The van der Waals surface area contributed by atoms with Gasteiger partial charge < -0.3 is 20.5 Å². The zero-order valence-electron chi connectivity index (χ0n) is 10.2. The summed E-state index contributed by atoms with van der Waals surface area (Å²) in [6, 6.07) is 2.93. The van der Waals surface area contributed by atoms with E-state index in [0.29, 0.717) is 24.5 Å². The Balaban J connectivity index is 2.17. The number of ether oxygens (including phenoxy) is 1. The highest BCUT2D eigenvalue weighted by molar-refractivity contribution is 5.94. The molecule has 0 unspecified atom stereocenters. The van der Waals surface area contributed by atoms with Crippen LogP contribution in [0.2, 0.25) is 0 Å². The highest BCUT2D eigenvalue weighted by Crippen LogP contribution is 2.16. The first kappa shape index (κ1) is 12.8. The molecular weight excluding hydrogens is 234 g/mol. The standard InChI is InChI=1S/C12H17N3O3/c1-2-15(9-6-18-7-10(9)16)12(17)8-3-4-11(13)14-5-8/h3-5,9-10,16H,2,6-7H2,1H3,(H2,13,14)/t9-,10-/m1/s1. The van der Waals surface area contributed by atoms with E-state index in [1.807, 2.05) is 6.92 Å². The number of aliphatic hydroxyl groups is 1. The third-order valence-corrected chi connectivity index (χ3v) is 3.06. The molecule has 6 heteroatoms. The summed E-state index contributed by atoms with van der Waals surface area (Å²) in [5.41, 5.74) is 5.95. The number of hydrogen-bond donors (Lipinski definition) is 2. The van der Waals surface area contributed by atoms with E-state index >= 15 is 0 Å². The maximum Gasteiger partial charge on any atom is 0.255 e. The first-order valence-electron chi connectivity index (χ1n) is 5.91. The van der Waals surface area contributed by atoms with Crippen molar-refractivity contribution >= 4 is 11.7 Å². The molecule has 2 heterocycles. The Morgan fingerprint density at radius 3 is 2.89 bits per heavy atom. The third kappa shape index (κ3) is 2.44. The first-order valence-corrected chi connectivity index (χ1v) is 5.91. The third-order valence-electron chi connectivity index (χ3n) is 3.06. The van der Waals surface area contributed by atoms with E-state index in [1.54, 1.807) is 17.0 Å². The van der Waals surface area contributed by atoms with Crippen LogP contribution in [-0.4, -0.2) is 52.8 Å². The molecule has 3 N–H and O–H groups in total. The van der Waals surface area contributed by atoms with Gasteiger partial charge in [0.25, 0.3) is 5.91 Å². The number of rotatable bonds is 3. The average molecular weight is 251 g/mol. The summed E-state index contributed by atoms with van der Waals surface area (Å²) in [5.74, 6) is 0.207. The van der Waals surface area contributed by atoms with Crippen LogP contribution in [0.3, 0.4) is 0 Å². The number of nitrogens with zero attached hydrogens (tertiary/aromatic N) is 2. The van der Waals surface area contributed by atoms with Crippen molar-refractivity contribution in [2.45, 2.75) is 19.1 Å². The van der Waals surface area contributed by atoms with Gasteiger partial charge >= 0.3 is 0 Å². The fraction of sp³-hybridized carbons (Fsp3) is 0.500. The van der Waals surface area contributed by atoms with Crippen molar-refractivity contribution in [2.75, 3.05) is 25.5 Å².